The SMILES string of the molecule is COc1ccc(CNS(=O)(=O)C(C)C(N)=S)cc1OC. The Balaban J connectivity index is 2.83. The Kier molecular flexibility index (Phi) is 5.73. The third-order valence-corrected chi connectivity index (χ3v) is 5.03. The number of nitrogens with two attached hydrogens (primary N) is 1. The summed E-state index contributed by atoms with van der Waals surface area (Å²) in [6.45, 7) is 1.56. The topological polar surface area (TPSA) is 90.7 Å². The molecule has 1 aromatic carbocycles. The highest BCUT2D eigenvalue weighted by atomic mass is 32.2. The Labute approximate surface area is 124 Å². The van der Waals surface area contributed by atoms with Crippen LogP contribution in [-0.2, 0) is 16.6 Å². The highest BCUT2D eigenvalue weighted by Crippen LogP contribution is 2.27. The largest absolute Gasteiger partial charge is 0.493 e. The molecule has 0 aliphatic heterocycles. The fourth-order valence-electron chi connectivity index (χ4n) is 1.45. The summed E-state index contributed by atoms with van der Waals surface area (Å²) in [7, 11) is -0.535. The summed E-state index contributed by atoms with van der Waals surface area (Å²) < 4.78 is 36.5. The van der Waals surface area contributed by atoms with Crippen molar-refractivity contribution in [2.45, 2.75) is 18.7 Å². The Bertz CT molecular complexity index is 587. The lowest BCUT2D eigenvalue weighted by Gasteiger charge is -2.13. The molecule has 0 bridgehead atoms. The second-order valence-electron chi connectivity index (χ2n) is 4.10. The molecular weight excluding hydrogens is 300 g/mol. The summed E-state index contributed by atoms with van der Waals surface area (Å²) in [4.78, 5) is -0.0650. The average Bonchev–Trinajstić information content (AvgIpc) is 2.43. The summed E-state index contributed by atoms with van der Waals surface area (Å²) in [5.41, 5.74) is 6.09. The van der Waals surface area contributed by atoms with E-state index in [2.05, 4.69) is 4.72 Å². The number of hydrogen-bond donors (Lipinski definition) is 2. The van der Waals surface area contributed by atoms with Crippen molar-refractivity contribution in [2.75, 3.05) is 14.2 Å². The van der Waals surface area contributed by atoms with E-state index in [1.165, 1.54) is 21.1 Å². The van der Waals surface area contributed by atoms with E-state index in [-0.39, 0.29) is 11.5 Å². The molecule has 0 aliphatic rings. The first-order valence-electron chi connectivity index (χ1n) is 5.80. The Morgan fingerprint density at radius 3 is 2.45 bits per heavy atom. The summed E-state index contributed by atoms with van der Waals surface area (Å²) in [5, 5.41) is -0.919. The zero-order valence-electron chi connectivity index (χ0n) is 11.5. The van der Waals surface area contributed by atoms with Gasteiger partial charge in [0.1, 0.15) is 5.25 Å². The van der Waals surface area contributed by atoms with Crippen LogP contribution < -0.4 is 19.9 Å². The molecule has 20 heavy (non-hydrogen) atoms. The lowest BCUT2D eigenvalue weighted by Crippen LogP contribution is -2.39. The molecule has 0 amide bonds. The van der Waals surface area contributed by atoms with Gasteiger partial charge in [0.2, 0.25) is 10.0 Å². The minimum Gasteiger partial charge on any atom is -0.493 e. The lowest BCUT2D eigenvalue weighted by atomic mass is 10.2. The van der Waals surface area contributed by atoms with Crippen LogP contribution in [0.1, 0.15) is 12.5 Å². The molecule has 3 N–H and O–H groups in total. The number of nitrogens with one attached hydrogen (secondary N) is 1. The van der Waals surface area contributed by atoms with Gasteiger partial charge in [-0.05, 0) is 24.6 Å². The monoisotopic (exact) mass is 318 g/mol. The van der Waals surface area contributed by atoms with Crippen LogP contribution in [0.25, 0.3) is 0 Å². The molecule has 6 nitrogen and oxygen atoms in total. The van der Waals surface area contributed by atoms with Crippen molar-refractivity contribution in [1.29, 1.82) is 0 Å². The van der Waals surface area contributed by atoms with E-state index >= 15 is 0 Å². The maximum absolute atomic E-state index is 11.9. The maximum atomic E-state index is 11.9. The van der Waals surface area contributed by atoms with E-state index in [4.69, 9.17) is 27.4 Å². The first kappa shape index (κ1) is 16.7. The van der Waals surface area contributed by atoms with E-state index < -0.39 is 15.3 Å². The van der Waals surface area contributed by atoms with Gasteiger partial charge >= 0.3 is 0 Å². The Hall–Kier alpha value is -1.38. The van der Waals surface area contributed by atoms with Gasteiger partial charge in [-0.1, -0.05) is 18.3 Å². The molecule has 0 aromatic heterocycles. The van der Waals surface area contributed by atoms with Crippen molar-refractivity contribution in [1.82, 2.24) is 4.72 Å². The van der Waals surface area contributed by atoms with Crippen molar-refractivity contribution in [3.8, 4) is 11.5 Å². The molecule has 1 atom stereocenters. The zero-order chi connectivity index (χ0) is 15.3. The number of benzene rings is 1. The smallest absolute Gasteiger partial charge is 0.221 e. The molecule has 0 spiro atoms. The van der Waals surface area contributed by atoms with Gasteiger partial charge in [0, 0.05) is 6.54 Å². The van der Waals surface area contributed by atoms with Gasteiger partial charge in [0.05, 0.1) is 19.2 Å². The van der Waals surface area contributed by atoms with Gasteiger partial charge in [-0.2, -0.15) is 0 Å². The summed E-state index contributed by atoms with van der Waals surface area (Å²) in [6, 6.07) is 5.15. The van der Waals surface area contributed by atoms with Crippen LogP contribution in [0.5, 0.6) is 11.5 Å². The highest BCUT2D eigenvalue weighted by Gasteiger charge is 2.22. The number of ether oxygens (including phenoxy) is 2. The van der Waals surface area contributed by atoms with Crippen molar-refractivity contribution in [3.63, 3.8) is 0 Å². The second-order valence-corrected chi connectivity index (χ2v) is 6.66. The van der Waals surface area contributed by atoms with Crippen LogP contribution in [0.3, 0.4) is 0 Å². The Morgan fingerprint density at radius 2 is 1.95 bits per heavy atom. The quantitative estimate of drug-likeness (QED) is 0.723. The van der Waals surface area contributed by atoms with Gasteiger partial charge in [-0.15, -0.1) is 0 Å². The van der Waals surface area contributed by atoms with Crippen molar-refractivity contribution >= 4 is 27.2 Å². The maximum Gasteiger partial charge on any atom is 0.221 e. The van der Waals surface area contributed by atoms with Gasteiger partial charge in [-0.3, -0.25) is 0 Å². The molecule has 0 radical (unpaired) electrons. The van der Waals surface area contributed by atoms with Crippen molar-refractivity contribution < 1.29 is 17.9 Å². The zero-order valence-corrected chi connectivity index (χ0v) is 13.2. The highest BCUT2D eigenvalue weighted by molar-refractivity contribution is 7.93. The van der Waals surface area contributed by atoms with E-state index in [0.29, 0.717) is 11.5 Å². The van der Waals surface area contributed by atoms with E-state index in [1.807, 2.05) is 0 Å². The van der Waals surface area contributed by atoms with Gasteiger partial charge in [0.15, 0.2) is 11.5 Å². The number of rotatable bonds is 7. The summed E-state index contributed by atoms with van der Waals surface area (Å²) in [6.07, 6.45) is 0. The third-order valence-electron chi connectivity index (χ3n) is 2.79. The summed E-state index contributed by atoms with van der Waals surface area (Å²) in [5.74, 6) is 1.11. The molecule has 1 rings (SSSR count). The van der Waals surface area contributed by atoms with Crippen molar-refractivity contribution in [3.05, 3.63) is 23.8 Å². The first-order valence-corrected chi connectivity index (χ1v) is 7.76. The number of sulfonamides is 1. The number of methoxy groups -OCH3 is 2. The first-order chi connectivity index (χ1) is 9.31. The molecule has 1 aromatic rings. The molecule has 0 saturated carbocycles. The predicted molar refractivity (Wildman–Crippen MR) is 81.6 cm³/mol. The average molecular weight is 318 g/mol. The Morgan fingerprint density at radius 1 is 1.35 bits per heavy atom. The third kappa shape index (κ3) is 4.06. The molecular formula is C12H18N2O4S2. The molecule has 8 heteroatoms. The molecule has 1 unspecified atom stereocenters. The molecule has 0 aliphatic carbocycles. The van der Waals surface area contributed by atoms with Crippen molar-refractivity contribution in [2.24, 2.45) is 5.73 Å². The van der Waals surface area contributed by atoms with E-state index in [0.717, 1.165) is 5.56 Å². The second kappa shape index (κ2) is 6.87. The normalized spacial score (nSPS) is 12.8. The molecule has 0 saturated heterocycles. The fourth-order valence-corrected chi connectivity index (χ4v) is 2.76. The van der Waals surface area contributed by atoms with Crippen LogP contribution >= 0.6 is 12.2 Å². The number of hydrogen-bond acceptors (Lipinski definition) is 5. The van der Waals surface area contributed by atoms with Crippen LogP contribution in [-0.4, -0.2) is 32.9 Å². The molecule has 112 valence electrons. The van der Waals surface area contributed by atoms with E-state index in [9.17, 15) is 8.42 Å². The van der Waals surface area contributed by atoms with Gasteiger partial charge < -0.3 is 15.2 Å². The molecule has 0 heterocycles. The van der Waals surface area contributed by atoms with Crippen LogP contribution in [0.2, 0.25) is 0 Å². The molecule has 0 fully saturated rings. The standard InChI is InChI=1S/C12H18N2O4S2/c1-8(12(13)19)20(15,16)14-7-9-4-5-10(17-2)11(6-9)18-3/h4-6,8,14H,7H2,1-3H3,(H2,13,19). The lowest BCUT2D eigenvalue weighted by molar-refractivity contribution is 0.354. The summed E-state index contributed by atoms with van der Waals surface area (Å²) >= 11 is 4.69. The minimum atomic E-state index is -3.58. The van der Waals surface area contributed by atoms with Crippen LogP contribution in [0, 0.1) is 0 Å². The van der Waals surface area contributed by atoms with Crippen LogP contribution in [0.15, 0.2) is 18.2 Å². The van der Waals surface area contributed by atoms with Crippen LogP contribution in [0.4, 0.5) is 0 Å². The predicted octanol–water partition coefficient (Wildman–Crippen LogP) is 0.798. The number of thiocarbonyl (C=S) groups is 1. The van der Waals surface area contributed by atoms with E-state index in [1.54, 1.807) is 18.2 Å². The van der Waals surface area contributed by atoms with Gasteiger partial charge in [-0.25, -0.2) is 13.1 Å². The minimum absolute atomic E-state index is 0.0650. The van der Waals surface area contributed by atoms with Gasteiger partial charge in [0.25, 0.3) is 0 Å². The fraction of sp³-hybridized carbons (Fsp3) is 0.417.